The molecule has 0 saturated heterocycles. The number of para-hydroxylation sites is 1. The van der Waals surface area contributed by atoms with Crippen LogP contribution in [-0.4, -0.2) is 16.5 Å². The van der Waals surface area contributed by atoms with Gasteiger partial charge in [-0.25, -0.2) is 4.98 Å². The fraction of sp³-hybridized carbons (Fsp3) is 0.286. The molecule has 2 heterocycles. The predicted octanol–water partition coefficient (Wildman–Crippen LogP) is 5.98. The van der Waals surface area contributed by atoms with E-state index in [1.807, 2.05) is 31.2 Å². The maximum Gasteiger partial charge on any atom is 0.416 e. The van der Waals surface area contributed by atoms with E-state index >= 15 is 0 Å². The Morgan fingerprint density at radius 3 is 2.64 bits per heavy atom. The summed E-state index contributed by atoms with van der Waals surface area (Å²) >= 11 is 1.51. The number of anilines is 1. The van der Waals surface area contributed by atoms with Crippen LogP contribution in [0.5, 0.6) is 0 Å². The molecular formula is C21H20F3N3S. The number of aromatic amines is 1. The van der Waals surface area contributed by atoms with E-state index in [-0.39, 0.29) is 5.25 Å². The van der Waals surface area contributed by atoms with Crippen molar-refractivity contribution in [2.24, 2.45) is 0 Å². The number of fused-ring (bicyclic) bond motifs is 1. The van der Waals surface area contributed by atoms with E-state index in [4.69, 9.17) is 0 Å². The molecule has 0 bridgehead atoms. The molecule has 1 aliphatic heterocycles. The Labute approximate surface area is 166 Å². The highest BCUT2D eigenvalue weighted by molar-refractivity contribution is 7.99. The van der Waals surface area contributed by atoms with Gasteiger partial charge in [0.05, 0.1) is 17.8 Å². The van der Waals surface area contributed by atoms with Crippen LogP contribution >= 0.6 is 11.8 Å². The third kappa shape index (κ3) is 3.90. The second kappa shape index (κ2) is 7.54. The summed E-state index contributed by atoms with van der Waals surface area (Å²) in [7, 11) is 0. The fourth-order valence-electron chi connectivity index (χ4n) is 3.57. The molecule has 4 rings (SSSR count). The molecule has 7 heteroatoms. The SMILES string of the molecule is Cc1cnc(CN2CC[C@@H](c3ccccc3C(F)(F)F)Sc3ccccc32)[nH]1. The quantitative estimate of drug-likeness (QED) is 0.584. The van der Waals surface area contributed by atoms with Crippen LogP contribution in [0, 0.1) is 6.92 Å². The van der Waals surface area contributed by atoms with Crippen molar-refractivity contribution in [1.82, 2.24) is 9.97 Å². The Morgan fingerprint density at radius 1 is 1.14 bits per heavy atom. The molecule has 1 aliphatic rings. The summed E-state index contributed by atoms with van der Waals surface area (Å²) in [4.78, 5) is 10.8. The van der Waals surface area contributed by atoms with Crippen molar-refractivity contribution in [3.05, 3.63) is 77.4 Å². The van der Waals surface area contributed by atoms with E-state index < -0.39 is 11.7 Å². The minimum atomic E-state index is -4.35. The summed E-state index contributed by atoms with van der Waals surface area (Å²) in [6, 6.07) is 13.8. The number of benzene rings is 2. The lowest BCUT2D eigenvalue weighted by Crippen LogP contribution is -2.24. The minimum Gasteiger partial charge on any atom is -0.363 e. The topological polar surface area (TPSA) is 31.9 Å². The molecule has 0 radical (unpaired) electrons. The lowest BCUT2D eigenvalue weighted by molar-refractivity contribution is -0.138. The molecule has 0 amide bonds. The molecule has 3 nitrogen and oxygen atoms in total. The number of halogens is 3. The highest BCUT2D eigenvalue weighted by Crippen LogP contribution is 2.48. The molecule has 0 fully saturated rings. The third-order valence-corrected chi connectivity index (χ3v) is 6.22. The van der Waals surface area contributed by atoms with Crippen molar-refractivity contribution < 1.29 is 13.2 Å². The molecule has 146 valence electrons. The molecule has 1 atom stereocenters. The third-order valence-electron chi connectivity index (χ3n) is 4.85. The van der Waals surface area contributed by atoms with Gasteiger partial charge in [0.25, 0.3) is 0 Å². The van der Waals surface area contributed by atoms with Crippen LogP contribution in [0.2, 0.25) is 0 Å². The molecule has 0 unspecified atom stereocenters. The number of aryl methyl sites for hydroxylation is 1. The van der Waals surface area contributed by atoms with Crippen molar-refractivity contribution in [2.45, 2.75) is 36.2 Å². The van der Waals surface area contributed by atoms with Gasteiger partial charge in [0, 0.05) is 28.6 Å². The number of rotatable bonds is 3. The summed E-state index contributed by atoms with van der Waals surface area (Å²) in [5, 5.41) is -0.262. The first kappa shape index (κ1) is 18.9. The van der Waals surface area contributed by atoms with Gasteiger partial charge >= 0.3 is 6.18 Å². The zero-order valence-electron chi connectivity index (χ0n) is 15.3. The predicted molar refractivity (Wildman–Crippen MR) is 105 cm³/mol. The van der Waals surface area contributed by atoms with Gasteiger partial charge in [-0.05, 0) is 37.1 Å². The first-order valence-electron chi connectivity index (χ1n) is 9.09. The summed E-state index contributed by atoms with van der Waals surface area (Å²) < 4.78 is 40.6. The lowest BCUT2D eigenvalue weighted by Gasteiger charge is -2.23. The zero-order valence-corrected chi connectivity index (χ0v) is 16.1. The van der Waals surface area contributed by atoms with Crippen LogP contribution in [0.15, 0.2) is 59.6 Å². The summed E-state index contributed by atoms with van der Waals surface area (Å²) in [5.74, 6) is 0.853. The summed E-state index contributed by atoms with van der Waals surface area (Å²) in [6.45, 7) is 3.20. The average molecular weight is 403 g/mol. The maximum absolute atomic E-state index is 13.5. The Balaban J connectivity index is 1.68. The Kier molecular flexibility index (Phi) is 5.10. The number of nitrogens with zero attached hydrogens (tertiary/aromatic N) is 2. The minimum absolute atomic E-state index is 0.262. The molecule has 28 heavy (non-hydrogen) atoms. The lowest BCUT2D eigenvalue weighted by atomic mass is 10.0. The first-order valence-corrected chi connectivity index (χ1v) is 9.97. The number of H-pyrrole nitrogens is 1. The highest BCUT2D eigenvalue weighted by atomic mass is 32.2. The van der Waals surface area contributed by atoms with Crippen LogP contribution in [0.3, 0.4) is 0 Å². The van der Waals surface area contributed by atoms with Crippen LogP contribution in [-0.2, 0) is 12.7 Å². The number of nitrogens with one attached hydrogen (secondary N) is 1. The van der Waals surface area contributed by atoms with Crippen molar-refractivity contribution in [2.75, 3.05) is 11.4 Å². The number of aromatic nitrogens is 2. The van der Waals surface area contributed by atoms with E-state index in [2.05, 4.69) is 14.9 Å². The van der Waals surface area contributed by atoms with Gasteiger partial charge in [-0.15, -0.1) is 11.8 Å². The van der Waals surface area contributed by atoms with Crippen LogP contribution in [0.25, 0.3) is 0 Å². The smallest absolute Gasteiger partial charge is 0.363 e. The average Bonchev–Trinajstić information content (AvgIpc) is 2.99. The number of hydrogen-bond donors (Lipinski definition) is 1. The largest absolute Gasteiger partial charge is 0.416 e. The van der Waals surface area contributed by atoms with E-state index in [1.54, 1.807) is 18.3 Å². The van der Waals surface area contributed by atoms with Crippen molar-refractivity contribution in [1.29, 1.82) is 0 Å². The van der Waals surface area contributed by atoms with E-state index in [0.717, 1.165) is 22.1 Å². The zero-order chi connectivity index (χ0) is 19.7. The van der Waals surface area contributed by atoms with Crippen molar-refractivity contribution >= 4 is 17.4 Å². The van der Waals surface area contributed by atoms with Crippen molar-refractivity contribution in [3.8, 4) is 0 Å². The van der Waals surface area contributed by atoms with Gasteiger partial charge in [0.2, 0.25) is 0 Å². The number of imidazole rings is 1. The summed E-state index contributed by atoms with van der Waals surface area (Å²) in [5.41, 5.74) is 1.84. The molecule has 0 saturated carbocycles. The van der Waals surface area contributed by atoms with Gasteiger partial charge in [-0.2, -0.15) is 13.2 Å². The number of alkyl halides is 3. The molecular weight excluding hydrogens is 383 g/mol. The first-order chi connectivity index (χ1) is 13.4. The normalized spacial score (nSPS) is 17.3. The molecule has 2 aromatic carbocycles. The fourth-order valence-corrected chi connectivity index (χ4v) is 4.91. The monoisotopic (exact) mass is 403 g/mol. The van der Waals surface area contributed by atoms with Gasteiger partial charge in [0.15, 0.2) is 0 Å². The standard InChI is InChI=1S/C21H20F3N3S/c1-14-12-25-20(26-14)13-27-11-10-18(28-19-9-5-4-8-17(19)27)15-6-2-3-7-16(15)21(22,23)24/h2-9,12,18H,10-11,13H2,1H3,(H,25,26)/t18-/m0/s1. The van der Waals surface area contributed by atoms with E-state index in [0.29, 0.717) is 25.1 Å². The Bertz CT molecular complexity index is 967. The molecule has 0 spiro atoms. The number of hydrogen-bond acceptors (Lipinski definition) is 3. The van der Waals surface area contributed by atoms with Crippen LogP contribution < -0.4 is 4.90 Å². The maximum atomic E-state index is 13.5. The second-order valence-corrected chi connectivity index (χ2v) is 8.13. The van der Waals surface area contributed by atoms with E-state index in [9.17, 15) is 13.2 Å². The van der Waals surface area contributed by atoms with Gasteiger partial charge < -0.3 is 9.88 Å². The van der Waals surface area contributed by atoms with Crippen molar-refractivity contribution in [3.63, 3.8) is 0 Å². The summed E-state index contributed by atoms with van der Waals surface area (Å²) in [6.07, 6.45) is -1.95. The molecule has 3 aromatic rings. The molecule has 1 N–H and O–H groups in total. The van der Waals surface area contributed by atoms with Crippen LogP contribution in [0.1, 0.15) is 34.3 Å². The van der Waals surface area contributed by atoms with Gasteiger partial charge in [-0.3, -0.25) is 0 Å². The van der Waals surface area contributed by atoms with Gasteiger partial charge in [0.1, 0.15) is 5.82 Å². The van der Waals surface area contributed by atoms with Gasteiger partial charge in [-0.1, -0.05) is 30.3 Å². The second-order valence-electron chi connectivity index (χ2n) is 6.88. The Morgan fingerprint density at radius 2 is 1.89 bits per heavy atom. The highest BCUT2D eigenvalue weighted by Gasteiger charge is 2.36. The molecule has 0 aliphatic carbocycles. The van der Waals surface area contributed by atoms with Crippen LogP contribution in [0.4, 0.5) is 18.9 Å². The Hall–Kier alpha value is -2.41. The number of thioether (sulfide) groups is 1. The molecule has 1 aromatic heterocycles. The van der Waals surface area contributed by atoms with E-state index in [1.165, 1.54) is 23.9 Å².